The monoisotopic (exact) mass is 237 g/mol. The molecule has 1 rings (SSSR count). The van der Waals surface area contributed by atoms with Crippen molar-refractivity contribution < 1.29 is 14.7 Å². The Bertz CT molecular complexity index is 394. The predicted molar refractivity (Wildman–Crippen MR) is 61.2 cm³/mol. The molecule has 1 aromatic rings. The Morgan fingerprint density at radius 1 is 1.53 bits per heavy atom. The van der Waals surface area contributed by atoms with Gasteiger partial charge < -0.3 is 15.7 Å². The summed E-state index contributed by atoms with van der Waals surface area (Å²) in [4.78, 5) is 27.4. The van der Waals surface area contributed by atoms with E-state index in [-0.39, 0.29) is 0 Å². The summed E-state index contributed by atoms with van der Waals surface area (Å²) in [6.07, 6.45) is 2.23. The van der Waals surface area contributed by atoms with Crippen LogP contribution in [0, 0.1) is 0 Å². The third-order valence-electron chi connectivity index (χ3n) is 2.34. The number of hydrogen-bond acceptors (Lipinski definition) is 4. The Balaban J connectivity index is 2.47. The number of rotatable bonds is 5. The summed E-state index contributed by atoms with van der Waals surface area (Å²) in [5.41, 5.74) is 6.07. The largest absolute Gasteiger partial charge is 0.480 e. The molecule has 0 aliphatic carbocycles. The molecule has 1 heterocycles. The molecule has 92 valence electrons. The first-order chi connectivity index (χ1) is 8.02. The zero-order chi connectivity index (χ0) is 12.8. The second kappa shape index (κ2) is 5.95. The zero-order valence-electron chi connectivity index (χ0n) is 9.54. The number of amides is 1. The summed E-state index contributed by atoms with van der Waals surface area (Å²) >= 11 is 0. The fraction of sp³-hybridized carbons (Fsp3) is 0.364. The minimum Gasteiger partial charge on any atom is -0.480 e. The average Bonchev–Trinajstić information content (AvgIpc) is 2.35. The molecule has 0 saturated heterocycles. The van der Waals surface area contributed by atoms with Crippen LogP contribution in [0.5, 0.6) is 0 Å². The highest BCUT2D eigenvalue weighted by Gasteiger charge is 2.24. The molecule has 0 spiro atoms. The molecular weight excluding hydrogens is 222 g/mol. The summed E-state index contributed by atoms with van der Waals surface area (Å²) < 4.78 is 0. The average molecular weight is 237 g/mol. The highest BCUT2D eigenvalue weighted by atomic mass is 16.4. The van der Waals surface area contributed by atoms with Crippen molar-refractivity contribution in [2.24, 2.45) is 5.73 Å². The van der Waals surface area contributed by atoms with Crippen molar-refractivity contribution in [3.63, 3.8) is 0 Å². The van der Waals surface area contributed by atoms with Crippen molar-refractivity contribution >= 4 is 11.9 Å². The van der Waals surface area contributed by atoms with Crippen LogP contribution in [0.25, 0.3) is 0 Å². The maximum atomic E-state index is 11.5. The minimum atomic E-state index is -1.50. The number of likely N-dealkylation sites (N-methyl/N-ethyl adjacent to an activating group) is 1. The van der Waals surface area contributed by atoms with Crippen molar-refractivity contribution in [3.8, 4) is 0 Å². The van der Waals surface area contributed by atoms with Gasteiger partial charge in [-0.15, -0.1) is 0 Å². The van der Waals surface area contributed by atoms with Crippen LogP contribution in [0.4, 0.5) is 0 Å². The fourth-order valence-corrected chi connectivity index (χ4v) is 1.28. The minimum absolute atomic E-state index is 0.386. The quantitative estimate of drug-likeness (QED) is 0.673. The Labute approximate surface area is 99.1 Å². The highest BCUT2D eigenvalue weighted by Crippen LogP contribution is 1.98. The summed E-state index contributed by atoms with van der Waals surface area (Å²) in [7, 11) is 1.52. The number of nitrogens with zero attached hydrogens (tertiary/aromatic N) is 2. The van der Waals surface area contributed by atoms with E-state index in [4.69, 9.17) is 10.8 Å². The molecule has 0 aliphatic rings. The van der Waals surface area contributed by atoms with Gasteiger partial charge in [-0.2, -0.15) is 0 Å². The molecule has 17 heavy (non-hydrogen) atoms. The number of pyridine rings is 1. The Morgan fingerprint density at radius 3 is 2.76 bits per heavy atom. The number of nitrogens with two attached hydrogens (primary N) is 1. The van der Waals surface area contributed by atoms with Crippen LogP contribution < -0.4 is 5.73 Å². The van der Waals surface area contributed by atoms with Crippen molar-refractivity contribution in [1.29, 1.82) is 0 Å². The lowest BCUT2D eigenvalue weighted by molar-refractivity contribution is -0.145. The van der Waals surface area contributed by atoms with Crippen LogP contribution >= 0.6 is 0 Å². The second-order valence-electron chi connectivity index (χ2n) is 3.65. The van der Waals surface area contributed by atoms with Crippen LogP contribution in [-0.2, 0) is 16.0 Å². The summed E-state index contributed by atoms with van der Waals surface area (Å²) in [6.45, 7) is 0.386. The van der Waals surface area contributed by atoms with E-state index >= 15 is 0 Å². The smallest absolute Gasteiger partial charge is 0.330 e. The lowest BCUT2D eigenvalue weighted by atomic mass is 10.2. The Kier molecular flexibility index (Phi) is 4.59. The topological polar surface area (TPSA) is 96.5 Å². The molecule has 1 amide bonds. The lowest BCUT2D eigenvalue weighted by Gasteiger charge is -2.18. The molecule has 0 fully saturated rings. The number of carbonyl (C=O) groups excluding carboxylic acids is 1. The van der Waals surface area contributed by atoms with Crippen LogP contribution in [0.3, 0.4) is 0 Å². The molecule has 0 bridgehead atoms. The first-order valence-corrected chi connectivity index (χ1v) is 5.15. The van der Waals surface area contributed by atoms with Gasteiger partial charge >= 0.3 is 5.97 Å². The van der Waals surface area contributed by atoms with Crippen LogP contribution in [-0.4, -0.2) is 46.5 Å². The van der Waals surface area contributed by atoms with Gasteiger partial charge in [0.15, 0.2) is 6.04 Å². The van der Waals surface area contributed by atoms with Crippen molar-refractivity contribution in [3.05, 3.63) is 30.1 Å². The van der Waals surface area contributed by atoms with Gasteiger partial charge in [0.1, 0.15) is 0 Å². The molecule has 3 N–H and O–H groups in total. The van der Waals surface area contributed by atoms with Gasteiger partial charge in [-0.1, -0.05) is 6.07 Å². The normalized spacial score (nSPS) is 11.9. The van der Waals surface area contributed by atoms with Gasteiger partial charge in [0.25, 0.3) is 5.91 Å². The number of carboxylic acid groups (broad SMARTS) is 1. The molecule has 6 nitrogen and oxygen atoms in total. The number of hydrogen-bond donors (Lipinski definition) is 2. The number of carbonyl (C=O) groups is 2. The standard InChI is InChI=1S/C11H15N3O3/c1-14(10(15)9(12)11(16)17)7-5-8-4-2-3-6-13-8/h2-4,6,9H,5,7,12H2,1H3,(H,16,17). The van der Waals surface area contributed by atoms with E-state index in [1.54, 1.807) is 12.3 Å². The maximum absolute atomic E-state index is 11.5. The second-order valence-corrected chi connectivity index (χ2v) is 3.65. The molecule has 1 atom stereocenters. The molecule has 0 aromatic carbocycles. The molecule has 6 heteroatoms. The highest BCUT2D eigenvalue weighted by molar-refractivity contribution is 6.00. The van der Waals surface area contributed by atoms with Gasteiger partial charge in [0.2, 0.25) is 0 Å². The van der Waals surface area contributed by atoms with E-state index in [0.29, 0.717) is 13.0 Å². The van der Waals surface area contributed by atoms with E-state index < -0.39 is 17.9 Å². The first-order valence-electron chi connectivity index (χ1n) is 5.15. The van der Waals surface area contributed by atoms with Gasteiger partial charge in [0, 0.05) is 31.9 Å². The summed E-state index contributed by atoms with van der Waals surface area (Å²) in [5, 5.41) is 8.60. The van der Waals surface area contributed by atoms with Crippen molar-refractivity contribution in [2.75, 3.05) is 13.6 Å². The summed E-state index contributed by atoms with van der Waals surface area (Å²) in [5.74, 6) is -1.92. The van der Waals surface area contributed by atoms with E-state index in [0.717, 1.165) is 5.69 Å². The Hall–Kier alpha value is -1.95. The van der Waals surface area contributed by atoms with Crippen LogP contribution in [0.15, 0.2) is 24.4 Å². The molecule has 0 aliphatic heterocycles. The number of aliphatic carboxylic acids is 1. The predicted octanol–water partition coefficient (Wildman–Crippen LogP) is -0.506. The summed E-state index contributed by atoms with van der Waals surface area (Å²) in [6, 6.07) is 4.00. The van der Waals surface area contributed by atoms with Gasteiger partial charge in [-0.05, 0) is 12.1 Å². The number of carboxylic acids is 1. The molecule has 1 aromatic heterocycles. The van der Waals surface area contributed by atoms with E-state index in [1.807, 2.05) is 12.1 Å². The van der Waals surface area contributed by atoms with E-state index in [2.05, 4.69) is 4.98 Å². The third kappa shape index (κ3) is 3.84. The molecule has 0 radical (unpaired) electrons. The van der Waals surface area contributed by atoms with Crippen molar-refractivity contribution in [2.45, 2.75) is 12.5 Å². The maximum Gasteiger partial charge on any atom is 0.330 e. The molecule has 1 unspecified atom stereocenters. The fourth-order valence-electron chi connectivity index (χ4n) is 1.28. The van der Waals surface area contributed by atoms with Gasteiger partial charge in [-0.25, -0.2) is 4.79 Å². The SMILES string of the molecule is CN(CCc1ccccn1)C(=O)C(N)C(=O)O. The first kappa shape index (κ1) is 13.1. The lowest BCUT2D eigenvalue weighted by Crippen LogP contribution is -2.47. The molecular formula is C11H15N3O3. The van der Waals surface area contributed by atoms with Crippen LogP contribution in [0.1, 0.15) is 5.69 Å². The zero-order valence-corrected chi connectivity index (χ0v) is 9.54. The van der Waals surface area contributed by atoms with Crippen molar-refractivity contribution in [1.82, 2.24) is 9.88 Å². The van der Waals surface area contributed by atoms with E-state index in [1.165, 1.54) is 11.9 Å². The van der Waals surface area contributed by atoms with Gasteiger partial charge in [-0.3, -0.25) is 9.78 Å². The molecule has 0 saturated carbocycles. The Morgan fingerprint density at radius 2 is 2.24 bits per heavy atom. The van der Waals surface area contributed by atoms with Gasteiger partial charge in [0.05, 0.1) is 0 Å². The van der Waals surface area contributed by atoms with E-state index in [9.17, 15) is 9.59 Å². The third-order valence-corrected chi connectivity index (χ3v) is 2.34. The van der Waals surface area contributed by atoms with Crippen LogP contribution in [0.2, 0.25) is 0 Å². The number of aromatic nitrogens is 1.